The van der Waals surface area contributed by atoms with Gasteiger partial charge in [-0.25, -0.2) is 0 Å². The summed E-state index contributed by atoms with van der Waals surface area (Å²) >= 11 is 3.27. The number of hydrogen-bond acceptors (Lipinski definition) is 3. The molecule has 0 aliphatic carbocycles. The molecule has 0 bridgehead atoms. The van der Waals surface area contributed by atoms with E-state index in [2.05, 4.69) is 21.0 Å². The van der Waals surface area contributed by atoms with Crippen molar-refractivity contribution < 1.29 is 9.53 Å². The number of aldehydes is 1. The summed E-state index contributed by atoms with van der Waals surface area (Å²) in [6.45, 7) is 0.405. The second-order valence-electron chi connectivity index (χ2n) is 2.32. The Hall–Kier alpha value is -0.680. The lowest BCUT2D eigenvalue weighted by Crippen LogP contribution is -1.96. The Morgan fingerprint density at radius 3 is 2.83 bits per heavy atom. The van der Waals surface area contributed by atoms with E-state index in [0.717, 1.165) is 12.0 Å². The summed E-state index contributed by atoms with van der Waals surface area (Å²) in [5, 5.41) is 4.08. The van der Waals surface area contributed by atoms with Gasteiger partial charge in [-0.1, -0.05) is 0 Å². The normalized spacial score (nSPS) is 10.2. The first-order chi connectivity index (χ1) is 5.70. The molecule has 0 aliphatic rings. The molecule has 0 spiro atoms. The highest BCUT2D eigenvalue weighted by Crippen LogP contribution is 2.19. The molecule has 1 heterocycles. The Balaban J connectivity index is 3.08. The molecular formula is C7H9BrN2O2. The Labute approximate surface area is 78.6 Å². The number of aryl methyl sites for hydroxylation is 1. The molecule has 0 atom stereocenters. The molecule has 0 aromatic carbocycles. The van der Waals surface area contributed by atoms with Gasteiger partial charge in [0.15, 0.2) is 6.29 Å². The number of ether oxygens (including phenoxy) is 1. The van der Waals surface area contributed by atoms with Crippen LogP contribution in [0.1, 0.15) is 16.2 Å². The minimum Gasteiger partial charge on any atom is -0.378 e. The minimum atomic E-state index is 0.405. The number of carbonyl (C=O) groups excluding carboxylic acids is 1. The first-order valence-corrected chi connectivity index (χ1v) is 4.15. The van der Waals surface area contributed by atoms with Crippen LogP contribution in [0.4, 0.5) is 0 Å². The fraction of sp³-hybridized carbons (Fsp3) is 0.429. The Kier molecular flexibility index (Phi) is 2.99. The molecule has 0 fully saturated rings. The lowest BCUT2D eigenvalue weighted by molar-refractivity contribution is 0.111. The minimum absolute atomic E-state index is 0.405. The highest BCUT2D eigenvalue weighted by Gasteiger charge is 2.11. The molecular weight excluding hydrogens is 224 g/mol. The fourth-order valence-corrected chi connectivity index (χ4v) is 1.47. The molecule has 0 amide bonds. The van der Waals surface area contributed by atoms with Gasteiger partial charge in [0.2, 0.25) is 0 Å². The summed E-state index contributed by atoms with van der Waals surface area (Å²) in [5.41, 5.74) is 1.27. The number of halogens is 1. The summed E-state index contributed by atoms with van der Waals surface area (Å²) < 4.78 is 7.13. The third-order valence-electron chi connectivity index (χ3n) is 1.49. The highest BCUT2D eigenvalue weighted by molar-refractivity contribution is 9.10. The van der Waals surface area contributed by atoms with Gasteiger partial charge in [-0.2, -0.15) is 5.10 Å². The van der Waals surface area contributed by atoms with Crippen LogP contribution in [-0.4, -0.2) is 23.2 Å². The number of carbonyl (C=O) groups is 1. The molecule has 12 heavy (non-hydrogen) atoms. The maximum absolute atomic E-state index is 10.5. The quantitative estimate of drug-likeness (QED) is 0.735. The van der Waals surface area contributed by atoms with Crippen molar-refractivity contribution in [2.75, 3.05) is 7.11 Å². The second-order valence-corrected chi connectivity index (χ2v) is 3.11. The van der Waals surface area contributed by atoms with Crippen molar-refractivity contribution in [3.63, 3.8) is 0 Å². The molecule has 0 saturated heterocycles. The largest absolute Gasteiger partial charge is 0.378 e. The Morgan fingerprint density at radius 1 is 1.75 bits per heavy atom. The molecule has 0 aliphatic heterocycles. The number of nitrogens with zero attached hydrogens (tertiary/aromatic N) is 2. The first kappa shape index (κ1) is 9.41. The van der Waals surface area contributed by atoms with Crippen LogP contribution in [0.25, 0.3) is 0 Å². The van der Waals surface area contributed by atoms with Crippen LogP contribution in [0.3, 0.4) is 0 Å². The SMILES string of the molecule is COCc1nn(C)c(C=O)c1Br. The van der Waals surface area contributed by atoms with Crippen LogP contribution in [0.15, 0.2) is 4.47 Å². The molecule has 0 N–H and O–H groups in total. The molecule has 66 valence electrons. The van der Waals surface area contributed by atoms with Gasteiger partial charge in [0.25, 0.3) is 0 Å². The van der Waals surface area contributed by atoms with Gasteiger partial charge in [-0.15, -0.1) is 0 Å². The summed E-state index contributed by atoms with van der Waals surface area (Å²) in [7, 11) is 3.30. The number of rotatable bonds is 3. The van der Waals surface area contributed by atoms with Crippen LogP contribution in [0, 0.1) is 0 Å². The lowest BCUT2D eigenvalue weighted by atomic mass is 10.4. The van der Waals surface area contributed by atoms with Crippen LogP contribution >= 0.6 is 15.9 Å². The lowest BCUT2D eigenvalue weighted by Gasteiger charge is -1.92. The van der Waals surface area contributed by atoms with E-state index in [-0.39, 0.29) is 0 Å². The van der Waals surface area contributed by atoms with E-state index in [4.69, 9.17) is 4.74 Å². The van der Waals surface area contributed by atoms with E-state index >= 15 is 0 Å². The average molecular weight is 233 g/mol. The maximum Gasteiger partial charge on any atom is 0.169 e. The molecule has 1 aromatic rings. The van der Waals surface area contributed by atoms with Gasteiger partial charge >= 0.3 is 0 Å². The predicted molar refractivity (Wildman–Crippen MR) is 47.0 cm³/mol. The number of methoxy groups -OCH3 is 1. The Bertz CT molecular complexity index is 296. The first-order valence-electron chi connectivity index (χ1n) is 3.36. The molecule has 4 nitrogen and oxygen atoms in total. The van der Waals surface area contributed by atoms with Gasteiger partial charge in [-0.05, 0) is 15.9 Å². The summed E-state index contributed by atoms with van der Waals surface area (Å²) in [6, 6.07) is 0. The summed E-state index contributed by atoms with van der Waals surface area (Å²) in [6.07, 6.45) is 0.760. The number of hydrogen-bond donors (Lipinski definition) is 0. The van der Waals surface area contributed by atoms with E-state index < -0.39 is 0 Å². The van der Waals surface area contributed by atoms with E-state index in [1.54, 1.807) is 14.2 Å². The third kappa shape index (κ3) is 1.56. The van der Waals surface area contributed by atoms with Crippen molar-refractivity contribution in [2.45, 2.75) is 6.61 Å². The monoisotopic (exact) mass is 232 g/mol. The van der Waals surface area contributed by atoms with Crippen molar-refractivity contribution in [3.8, 4) is 0 Å². The van der Waals surface area contributed by atoms with Gasteiger partial charge < -0.3 is 4.74 Å². The van der Waals surface area contributed by atoms with Crippen molar-refractivity contribution >= 4 is 22.2 Å². The molecule has 0 saturated carbocycles. The smallest absolute Gasteiger partial charge is 0.169 e. The van der Waals surface area contributed by atoms with Gasteiger partial charge in [-0.3, -0.25) is 9.48 Å². The van der Waals surface area contributed by atoms with Crippen molar-refractivity contribution in [1.82, 2.24) is 9.78 Å². The zero-order valence-corrected chi connectivity index (χ0v) is 8.46. The predicted octanol–water partition coefficient (Wildman–Crippen LogP) is 1.14. The van der Waals surface area contributed by atoms with Crippen LogP contribution in [0.5, 0.6) is 0 Å². The van der Waals surface area contributed by atoms with E-state index in [1.807, 2.05) is 0 Å². The van der Waals surface area contributed by atoms with Crippen molar-refractivity contribution in [2.24, 2.45) is 7.05 Å². The van der Waals surface area contributed by atoms with E-state index in [0.29, 0.717) is 16.8 Å². The summed E-state index contributed by atoms with van der Waals surface area (Å²) in [5.74, 6) is 0. The fourth-order valence-electron chi connectivity index (χ4n) is 0.926. The van der Waals surface area contributed by atoms with Crippen molar-refractivity contribution in [3.05, 3.63) is 15.9 Å². The molecule has 1 rings (SSSR count). The van der Waals surface area contributed by atoms with E-state index in [1.165, 1.54) is 4.68 Å². The zero-order valence-electron chi connectivity index (χ0n) is 6.87. The Morgan fingerprint density at radius 2 is 2.42 bits per heavy atom. The van der Waals surface area contributed by atoms with Crippen molar-refractivity contribution in [1.29, 1.82) is 0 Å². The molecule has 0 radical (unpaired) electrons. The zero-order chi connectivity index (χ0) is 9.14. The van der Waals surface area contributed by atoms with E-state index in [9.17, 15) is 4.79 Å². The molecule has 0 unspecified atom stereocenters. The van der Waals surface area contributed by atoms with Crippen LogP contribution < -0.4 is 0 Å². The van der Waals surface area contributed by atoms with Gasteiger partial charge in [0.05, 0.1) is 11.1 Å². The highest BCUT2D eigenvalue weighted by atomic mass is 79.9. The van der Waals surface area contributed by atoms with Gasteiger partial charge in [0, 0.05) is 14.2 Å². The van der Waals surface area contributed by atoms with Gasteiger partial charge in [0.1, 0.15) is 11.4 Å². The number of aromatic nitrogens is 2. The van der Waals surface area contributed by atoms with Crippen LogP contribution in [-0.2, 0) is 18.4 Å². The molecule has 5 heteroatoms. The van der Waals surface area contributed by atoms with Crippen LogP contribution in [0.2, 0.25) is 0 Å². The topological polar surface area (TPSA) is 44.1 Å². The second kappa shape index (κ2) is 3.82. The summed E-state index contributed by atoms with van der Waals surface area (Å²) in [4.78, 5) is 10.5. The molecule has 1 aromatic heterocycles. The average Bonchev–Trinajstić information content (AvgIpc) is 2.29. The third-order valence-corrected chi connectivity index (χ3v) is 2.35. The maximum atomic E-state index is 10.5. The standard InChI is InChI=1S/C7H9BrN2O2/c1-10-6(3-11)7(8)5(9-10)4-12-2/h3H,4H2,1-2H3.